The number of benzene rings is 1. The Morgan fingerprint density at radius 3 is 2.47 bits per heavy atom. The third-order valence-electron chi connectivity index (χ3n) is 5.41. The predicted octanol–water partition coefficient (Wildman–Crippen LogP) is 1.16. The Kier molecular flexibility index (Phi) is 6.15. The molecule has 1 N–H and O–H groups in total. The molecule has 0 saturated carbocycles. The highest BCUT2D eigenvalue weighted by atomic mass is 32.2. The first-order valence-corrected chi connectivity index (χ1v) is 12.1. The molecular formula is C21H24N8O4S. The monoisotopic (exact) mass is 484 g/mol. The van der Waals surface area contributed by atoms with Crippen LogP contribution in [0.5, 0.6) is 0 Å². The molecule has 0 saturated heterocycles. The van der Waals surface area contributed by atoms with Gasteiger partial charge in [0.05, 0.1) is 10.6 Å². The molecule has 34 heavy (non-hydrogen) atoms. The maximum atomic E-state index is 12.9. The molecular weight excluding hydrogens is 460 g/mol. The summed E-state index contributed by atoms with van der Waals surface area (Å²) in [6.07, 6.45) is 1.47. The lowest BCUT2D eigenvalue weighted by atomic mass is 10.1. The summed E-state index contributed by atoms with van der Waals surface area (Å²) in [5.74, 6) is -0.845. The van der Waals surface area contributed by atoms with E-state index in [9.17, 15) is 18.0 Å². The van der Waals surface area contributed by atoms with E-state index in [0.29, 0.717) is 24.6 Å². The van der Waals surface area contributed by atoms with Crippen molar-refractivity contribution in [1.29, 1.82) is 0 Å². The van der Waals surface area contributed by atoms with Crippen molar-refractivity contribution in [2.45, 2.75) is 25.7 Å². The van der Waals surface area contributed by atoms with Gasteiger partial charge in [0, 0.05) is 38.0 Å². The fourth-order valence-corrected chi connectivity index (χ4v) is 5.08. The molecule has 0 aliphatic carbocycles. The van der Waals surface area contributed by atoms with Crippen LogP contribution in [0.25, 0.3) is 0 Å². The number of aliphatic imine (C=N–C) groups is 2. The summed E-state index contributed by atoms with van der Waals surface area (Å²) in [5.41, 5.74) is 0.824. The maximum Gasteiger partial charge on any atom is 0.265 e. The molecule has 2 amide bonds. The van der Waals surface area contributed by atoms with Gasteiger partial charge in [-0.15, -0.1) is 0 Å². The zero-order valence-corrected chi connectivity index (χ0v) is 19.9. The molecule has 0 fully saturated rings. The number of sulfonamides is 1. The molecule has 1 atom stereocenters. The smallest absolute Gasteiger partial charge is 0.265 e. The van der Waals surface area contributed by atoms with Crippen LogP contribution in [0.3, 0.4) is 0 Å². The van der Waals surface area contributed by atoms with Crippen molar-refractivity contribution in [3.05, 3.63) is 41.6 Å². The minimum Gasteiger partial charge on any atom is -0.306 e. The molecule has 2 aromatic rings. The average Bonchev–Trinajstić information content (AvgIpc) is 3.37. The Labute approximate surface area is 196 Å². The molecule has 0 radical (unpaired) electrons. The van der Waals surface area contributed by atoms with E-state index in [2.05, 4.69) is 25.5 Å². The number of aromatic nitrogens is 2. The second kappa shape index (κ2) is 8.91. The first-order chi connectivity index (χ1) is 16.1. The van der Waals surface area contributed by atoms with Crippen LogP contribution in [-0.4, -0.2) is 77.5 Å². The standard InChI is InChI=1S/C21H24N8O4S/c1-5-28(6-2)34(32,33)15-9-7-14(8-10-15)19(30)23-17-11-13(3)26-29(17)21-24-18-16(20(31)25-21)12-22-27(18)4/h7-12,16H,5-6H2,1-4H3,(H,23,30). The summed E-state index contributed by atoms with van der Waals surface area (Å²) >= 11 is 0. The molecule has 1 aromatic carbocycles. The van der Waals surface area contributed by atoms with E-state index in [4.69, 9.17) is 0 Å². The SMILES string of the molecule is CCN(CC)S(=O)(=O)c1ccc(C(=O)Nc2cc(C)nn2C2=NC(=O)C3C=NN(C)C3=N2)cc1. The van der Waals surface area contributed by atoms with Gasteiger partial charge in [-0.1, -0.05) is 13.8 Å². The lowest BCUT2D eigenvalue weighted by Crippen LogP contribution is -2.35. The van der Waals surface area contributed by atoms with Gasteiger partial charge in [0.1, 0.15) is 17.6 Å². The number of fused-ring (bicyclic) bond motifs is 1. The van der Waals surface area contributed by atoms with Crippen molar-refractivity contribution >= 4 is 45.7 Å². The number of anilines is 1. The average molecular weight is 485 g/mol. The Bertz CT molecular complexity index is 1340. The summed E-state index contributed by atoms with van der Waals surface area (Å²) in [7, 11) is -1.95. The van der Waals surface area contributed by atoms with Crippen molar-refractivity contribution < 1.29 is 18.0 Å². The molecule has 2 aliphatic heterocycles. The normalized spacial score (nSPS) is 17.6. The van der Waals surface area contributed by atoms with Crippen LogP contribution >= 0.6 is 0 Å². The Morgan fingerprint density at radius 2 is 1.82 bits per heavy atom. The maximum absolute atomic E-state index is 12.9. The second-order valence-electron chi connectivity index (χ2n) is 7.64. The molecule has 1 aromatic heterocycles. The summed E-state index contributed by atoms with van der Waals surface area (Å²) in [4.78, 5) is 33.8. The van der Waals surface area contributed by atoms with Crippen molar-refractivity contribution in [1.82, 2.24) is 19.1 Å². The number of carbonyl (C=O) groups is 2. The Morgan fingerprint density at radius 1 is 1.15 bits per heavy atom. The Balaban J connectivity index is 1.58. The zero-order chi connectivity index (χ0) is 24.6. The quantitative estimate of drug-likeness (QED) is 0.652. The first kappa shape index (κ1) is 23.4. The largest absolute Gasteiger partial charge is 0.306 e. The highest BCUT2D eigenvalue weighted by Gasteiger charge is 2.35. The number of hydrogen-bond acceptors (Lipinski definition) is 8. The van der Waals surface area contributed by atoms with E-state index in [0.717, 1.165) is 0 Å². The third kappa shape index (κ3) is 4.15. The minimum absolute atomic E-state index is 0.0117. The lowest BCUT2D eigenvalue weighted by molar-refractivity contribution is -0.118. The molecule has 178 valence electrons. The van der Waals surface area contributed by atoms with Gasteiger partial charge < -0.3 is 5.32 Å². The number of nitrogens with one attached hydrogen (secondary N) is 1. The van der Waals surface area contributed by atoms with Crippen molar-refractivity contribution in [3.63, 3.8) is 0 Å². The molecule has 12 nitrogen and oxygen atoms in total. The van der Waals surface area contributed by atoms with E-state index < -0.39 is 27.8 Å². The number of hydrogen-bond donors (Lipinski definition) is 1. The second-order valence-corrected chi connectivity index (χ2v) is 9.57. The highest BCUT2D eigenvalue weighted by molar-refractivity contribution is 7.89. The van der Waals surface area contributed by atoms with Crippen molar-refractivity contribution in [2.75, 3.05) is 25.5 Å². The molecule has 2 aliphatic rings. The van der Waals surface area contributed by atoms with Gasteiger partial charge in [-0.2, -0.15) is 29.2 Å². The molecule has 1 unspecified atom stereocenters. The summed E-state index contributed by atoms with van der Waals surface area (Å²) < 4.78 is 28.0. The number of rotatable bonds is 6. The van der Waals surface area contributed by atoms with Crippen LogP contribution in [0.4, 0.5) is 5.82 Å². The van der Waals surface area contributed by atoms with Crippen LogP contribution in [0.15, 0.2) is 50.3 Å². The number of amidine groups is 1. The van der Waals surface area contributed by atoms with Gasteiger partial charge in [0.15, 0.2) is 0 Å². The van der Waals surface area contributed by atoms with E-state index in [1.165, 1.54) is 44.5 Å². The number of nitrogens with zero attached hydrogens (tertiary/aromatic N) is 7. The molecule has 4 rings (SSSR count). The van der Waals surface area contributed by atoms with Crippen LogP contribution in [0.2, 0.25) is 0 Å². The molecule has 13 heteroatoms. The third-order valence-corrected chi connectivity index (χ3v) is 7.48. The van der Waals surface area contributed by atoms with E-state index >= 15 is 0 Å². The van der Waals surface area contributed by atoms with Gasteiger partial charge in [0.25, 0.3) is 17.8 Å². The summed E-state index contributed by atoms with van der Waals surface area (Å²) in [6, 6.07) is 7.30. The van der Waals surface area contributed by atoms with E-state index in [-0.39, 0.29) is 22.2 Å². The van der Waals surface area contributed by atoms with Crippen LogP contribution in [0.1, 0.15) is 29.9 Å². The van der Waals surface area contributed by atoms with Gasteiger partial charge in [-0.3, -0.25) is 14.6 Å². The predicted molar refractivity (Wildman–Crippen MR) is 126 cm³/mol. The fourth-order valence-electron chi connectivity index (χ4n) is 3.62. The van der Waals surface area contributed by atoms with E-state index in [1.54, 1.807) is 33.9 Å². The molecule has 3 heterocycles. The number of hydrazone groups is 1. The molecule has 0 bridgehead atoms. The minimum atomic E-state index is -3.63. The Hall–Kier alpha value is -3.71. The van der Waals surface area contributed by atoms with Crippen LogP contribution < -0.4 is 5.32 Å². The number of carbonyl (C=O) groups excluding carboxylic acids is 2. The fraction of sp³-hybridized carbons (Fsp3) is 0.333. The topological polar surface area (TPSA) is 142 Å². The van der Waals surface area contributed by atoms with Gasteiger partial charge in [0.2, 0.25) is 10.0 Å². The summed E-state index contributed by atoms with van der Waals surface area (Å²) in [6.45, 7) is 5.96. The lowest BCUT2D eigenvalue weighted by Gasteiger charge is -2.18. The van der Waals surface area contributed by atoms with Gasteiger partial charge >= 0.3 is 0 Å². The van der Waals surface area contributed by atoms with Crippen LogP contribution in [0, 0.1) is 12.8 Å². The van der Waals surface area contributed by atoms with Gasteiger partial charge in [-0.05, 0) is 31.2 Å². The van der Waals surface area contributed by atoms with Crippen molar-refractivity contribution in [2.24, 2.45) is 21.0 Å². The number of amides is 2. The highest BCUT2D eigenvalue weighted by Crippen LogP contribution is 2.21. The first-order valence-electron chi connectivity index (χ1n) is 10.6. The van der Waals surface area contributed by atoms with E-state index in [1.807, 2.05) is 0 Å². The molecule has 0 spiro atoms. The van der Waals surface area contributed by atoms with Gasteiger partial charge in [-0.25, -0.2) is 8.42 Å². The summed E-state index contributed by atoms with van der Waals surface area (Å²) in [5, 5.41) is 12.6. The number of aryl methyl sites for hydroxylation is 1. The van der Waals surface area contributed by atoms with Crippen molar-refractivity contribution in [3.8, 4) is 0 Å². The van der Waals surface area contributed by atoms with Crippen LogP contribution in [-0.2, 0) is 14.8 Å². The zero-order valence-electron chi connectivity index (χ0n) is 19.1.